The summed E-state index contributed by atoms with van der Waals surface area (Å²) in [7, 11) is 0. The highest BCUT2D eigenvalue weighted by Crippen LogP contribution is 2.18. The Morgan fingerprint density at radius 1 is 1.11 bits per heavy atom. The van der Waals surface area contributed by atoms with E-state index < -0.39 is 6.04 Å². The Morgan fingerprint density at radius 2 is 1.82 bits per heavy atom. The van der Waals surface area contributed by atoms with E-state index in [0.29, 0.717) is 19.5 Å². The van der Waals surface area contributed by atoms with Gasteiger partial charge in [-0.05, 0) is 37.1 Å². The maximum atomic E-state index is 12.9. The first-order chi connectivity index (χ1) is 13.5. The Kier molecular flexibility index (Phi) is 9.58. The van der Waals surface area contributed by atoms with Gasteiger partial charge in [-0.2, -0.15) is 11.8 Å². The number of rotatable bonds is 10. The highest BCUT2D eigenvalue weighted by molar-refractivity contribution is 9.10. The van der Waals surface area contributed by atoms with Crippen LogP contribution in [-0.2, 0) is 21.9 Å². The molecule has 1 atom stereocenters. The van der Waals surface area contributed by atoms with E-state index in [-0.39, 0.29) is 11.8 Å². The highest BCUT2D eigenvalue weighted by atomic mass is 79.9. The number of thioether (sulfide) groups is 1. The standard InChI is InChI=1S/C22H27BrN2O2S/c1-3-24-22(27)17(2)25(15-19-10-7-11-20(23)14-19)21(26)12-13-28-16-18-8-5-4-6-9-18/h4-11,14,17H,3,12-13,15-16H2,1-2H3,(H,24,27)/t17-/m0/s1. The van der Waals surface area contributed by atoms with Crippen molar-refractivity contribution in [2.24, 2.45) is 0 Å². The maximum absolute atomic E-state index is 12.9. The van der Waals surface area contributed by atoms with Crippen molar-refractivity contribution in [2.45, 2.75) is 38.6 Å². The number of nitrogens with one attached hydrogen (secondary N) is 1. The van der Waals surface area contributed by atoms with Crippen molar-refractivity contribution in [3.8, 4) is 0 Å². The Morgan fingerprint density at radius 3 is 2.50 bits per heavy atom. The summed E-state index contributed by atoms with van der Waals surface area (Å²) in [6.45, 7) is 4.64. The van der Waals surface area contributed by atoms with Gasteiger partial charge < -0.3 is 10.2 Å². The first-order valence-corrected chi connectivity index (χ1v) is 11.4. The molecule has 4 nitrogen and oxygen atoms in total. The van der Waals surface area contributed by atoms with Gasteiger partial charge >= 0.3 is 0 Å². The minimum atomic E-state index is -0.509. The van der Waals surface area contributed by atoms with Gasteiger partial charge in [0.2, 0.25) is 11.8 Å². The van der Waals surface area contributed by atoms with Crippen molar-refractivity contribution in [1.29, 1.82) is 0 Å². The van der Waals surface area contributed by atoms with Crippen molar-refractivity contribution >= 4 is 39.5 Å². The molecule has 6 heteroatoms. The predicted molar refractivity (Wildman–Crippen MR) is 120 cm³/mol. The molecular formula is C22H27BrN2O2S. The van der Waals surface area contributed by atoms with Crippen LogP contribution in [0.5, 0.6) is 0 Å². The number of amides is 2. The Bertz CT molecular complexity index is 770. The number of nitrogens with zero attached hydrogens (tertiary/aromatic N) is 1. The fourth-order valence-electron chi connectivity index (χ4n) is 2.80. The zero-order valence-electron chi connectivity index (χ0n) is 16.4. The van der Waals surface area contributed by atoms with Crippen LogP contribution in [0.15, 0.2) is 59.1 Å². The quantitative estimate of drug-likeness (QED) is 0.523. The average Bonchev–Trinajstić information content (AvgIpc) is 2.70. The van der Waals surface area contributed by atoms with E-state index in [0.717, 1.165) is 21.5 Å². The lowest BCUT2D eigenvalue weighted by Gasteiger charge is -2.28. The highest BCUT2D eigenvalue weighted by Gasteiger charge is 2.25. The number of hydrogen-bond acceptors (Lipinski definition) is 3. The van der Waals surface area contributed by atoms with E-state index >= 15 is 0 Å². The molecule has 0 unspecified atom stereocenters. The van der Waals surface area contributed by atoms with Crippen LogP contribution in [0.3, 0.4) is 0 Å². The lowest BCUT2D eigenvalue weighted by atomic mass is 10.1. The first kappa shape index (κ1) is 22.5. The molecule has 0 saturated carbocycles. The van der Waals surface area contributed by atoms with Gasteiger partial charge in [-0.1, -0.05) is 58.4 Å². The minimum Gasteiger partial charge on any atom is -0.355 e. The molecular weight excluding hydrogens is 436 g/mol. The molecule has 0 aliphatic heterocycles. The third-order valence-corrected chi connectivity index (χ3v) is 5.86. The summed E-state index contributed by atoms with van der Waals surface area (Å²) < 4.78 is 0.960. The van der Waals surface area contributed by atoms with Crippen LogP contribution >= 0.6 is 27.7 Å². The summed E-state index contributed by atoms with van der Waals surface area (Å²) >= 11 is 5.20. The van der Waals surface area contributed by atoms with Gasteiger partial charge in [0.05, 0.1) is 0 Å². The lowest BCUT2D eigenvalue weighted by Crippen LogP contribution is -2.47. The molecule has 0 aliphatic carbocycles. The van der Waals surface area contributed by atoms with E-state index in [2.05, 4.69) is 33.4 Å². The fourth-order valence-corrected chi connectivity index (χ4v) is 4.14. The monoisotopic (exact) mass is 462 g/mol. The number of benzene rings is 2. The molecule has 1 N–H and O–H groups in total. The van der Waals surface area contributed by atoms with Gasteiger partial charge in [-0.25, -0.2) is 0 Å². The fraction of sp³-hybridized carbons (Fsp3) is 0.364. The zero-order valence-corrected chi connectivity index (χ0v) is 18.8. The van der Waals surface area contributed by atoms with E-state index in [9.17, 15) is 9.59 Å². The SMILES string of the molecule is CCNC(=O)[C@H](C)N(Cc1cccc(Br)c1)C(=O)CCSCc1ccccc1. The zero-order chi connectivity index (χ0) is 20.4. The molecule has 0 fully saturated rings. The molecule has 150 valence electrons. The van der Waals surface area contributed by atoms with Gasteiger partial charge in [0.15, 0.2) is 0 Å². The second-order valence-corrected chi connectivity index (χ2v) is 8.53. The predicted octanol–water partition coefficient (Wildman–Crippen LogP) is 4.63. The number of hydrogen-bond donors (Lipinski definition) is 1. The smallest absolute Gasteiger partial charge is 0.242 e. The molecule has 0 radical (unpaired) electrons. The van der Waals surface area contributed by atoms with Crippen LogP contribution in [0, 0.1) is 0 Å². The summed E-state index contributed by atoms with van der Waals surface area (Å²) in [6, 6.07) is 17.6. The van der Waals surface area contributed by atoms with Crippen LogP contribution in [0.1, 0.15) is 31.4 Å². The molecule has 0 saturated heterocycles. The Hall–Kier alpha value is -1.79. The third-order valence-electron chi connectivity index (χ3n) is 4.33. The lowest BCUT2D eigenvalue weighted by molar-refractivity contribution is -0.140. The second kappa shape index (κ2) is 11.9. The molecule has 0 aromatic heterocycles. The molecule has 0 bridgehead atoms. The largest absolute Gasteiger partial charge is 0.355 e. The van der Waals surface area contributed by atoms with Gasteiger partial charge in [0.1, 0.15) is 6.04 Å². The van der Waals surface area contributed by atoms with Gasteiger partial charge in [-0.3, -0.25) is 9.59 Å². The number of likely N-dealkylation sites (N-methyl/N-ethyl adjacent to an activating group) is 1. The van der Waals surface area contributed by atoms with E-state index in [4.69, 9.17) is 0 Å². The van der Waals surface area contributed by atoms with Crippen LogP contribution in [0.25, 0.3) is 0 Å². The minimum absolute atomic E-state index is 0.000657. The molecule has 2 rings (SSSR count). The first-order valence-electron chi connectivity index (χ1n) is 9.44. The van der Waals surface area contributed by atoms with Crippen LogP contribution in [0.2, 0.25) is 0 Å². The van der Waals surface area contributed by atoms with Gasteiger partial charge in [0, 0.05) is 35.5 Å². The van der Waals surface area contributed by atoms with Crippen LogP contribution in [0.4, 0.5) is 0 Å². The number of carbonyl (C=O) groups excluding carboxylic acids is 2. The average molecular weight is 463 g/mol. The summed E-state index contributed by atoms with van der Waals surface area (Å²) in [5.41, 5.74) is 2.25. The molecule has 2 aromatic rings. The second-order valence-electron chi connectivity index (χ2n) is 6.51. The Labute approximate surface area is 180 Å². The molecule has 0 spiro atoms. The van der Waals surface area contributed by atoms with Crippen molar-refractivity contribution in [1.82, 2.24) is 10.2 Å². The van der Waals surface area contributed by atoms with E-state index in [1.165, 1.54) is 5.56 Å². The molecule has 0 heterocycles. The third kappa shape index (κ3) is 7.32. The molecule has 0 aliphatic rings. The molecule has 2 aromatic carbocycles. The Balaban J connectivity index is 1.98. The number of halogens is 1. The van der Waals surface area contributed by atoms with Gasteiger partial charge in [-0.15, -0.1) is 0 Å². The van der Waals surface area contributed by atoms with E-state index in [1.807, 2.05) is 49.4 Å². The van der Waals surface area contributed by atoms with E-state index in [1.54, 1.807) is 23.6 Å². The summed E-state index contributed by atoms with van der Waals surface area (Å²) in [6.07, 6.45) is 0.412. The van der Waals surface area contributed by atoms with Crippen LogP contribution < -0.4 is 5.32 Å². The molecule has 2 amide bonds. The molecule has 28 heavy (non-hydrogen) atoms. The van der Waals surface area contributed by atoms with Crippen molar-refractivity contribution in [3.63, 3.8) is 0 Å². The summed E-state index contributed by atoms with van der Waals surface area (Å²) in [4.78, 5) is 26.9. The normalized spacial score (nSPS) is 11.7. The summed E-state index contributed by atoms with van der Waals surface area (Å²) in [5, 5.41) is 2.82. The van der Waals surface area contributed by atoms with Crippen molar-refractivity contribution < 1.29 is 9.59 Å². The number of carbonyl (C=O) groups is 2. The topological polar surface area (TPSA) is 49.4 Å². The van der Waals surface area contributed by atoms with Crippen molar-refractivity contribution in [2.75, 3.05) is 12.3 Å². The maximum Gasteiger partial charge on any atom is 0.242 e. The van der Waals surface area contributed by atoms with Crippen LogP contribution in [-0.4, -0.2) is 35.1 Å². The summed E-state index contributed by atoms with van der Waals surface area (Å²) in [5.74, 6) is 1.48. The van der Waals surface area contributed by atoms with Gasteiger partial charge in [0.25, 0.3) is 0 Å². The van der Waals surface area contributed by atoms with Crippen molar-refractivity contribution in [3.05, 3.63) is 70.2 Å².